The summed E-state index contributed by atoms with van der Waals surface area (Å²) >= 11 is 1.40. The number of rotatable bonds is 17. The van der Waals surface area contributed by atoms with E-state index in [4.69, 9.17) is 14.5 Å². The Morgan fingerprint density at radius 2 is 1.63 bits per heavy atom. The lowest BCUT2D eigenvalue weighted by molar-refractivity contribution is -0.246. The summed E-state index contributed by atoms with van der Waals surface area (Å²) in [5, 5.41) is 23.0. The number of likely N-dealkylation sites (tertiary alicyclic amines) is 1. The summed E-state index contributed by atoms with van der Waals surface area (Å²) in [5.41, 5.74) is 0.440. The van der Waals surface area contributed by atoms with Gasteiger partial charge in [-0.3, -0.25) is 24.0 Å². The molecule has 4 N–H and O–H groups in total. The topological polar surface area (TPSA) is 176 Å². The first-order valence-electron chi connectivity index (χ1n) is 28.4. The number of nitrogens with one attached hydrogen (secondary N) is 3. The maximum Gasteiger partial charge on any atom is 0.246 e. The van der Waals surface area contributed by atoms with Crippen molar-refractivity contribution in [2.75, 3.05) is 40.0 Å². The van der Waals surface area contributed by atoms with Gasteiger partial charge in [0.25, 0.3) is 0 Å². The third kappa shape index (κ3) is 9.65. The highest BCUT2D eigenvalue weighted by Crippen LogP contribution is 2.77. The van der Waals surface area contributed by atoms with E-state index in [1.165, 1.54) is 11.3 Å². The number of aromatic nitrogens is 1. The minimum atomic E-state index is -0.586. The monoisotopic (exact) mass is 1030 g/mol. The van der Waals surface area contributed by atoms with E-state index < -0.39 is 17.5 Å². The molecule has 402 valence electrons. The first kappa shape index (κ1) is 54.1. The van der Waals surface area contributed by atoms with Crippen LogP contribution in [-0.4, -0.2) is 102 Å². The summed E-state index contributed by atoms with van der Waals surface area (Å²) in [6.45, 7) is 17.7. The van der Waals surface area contributed by atoms with Crippen LogP contribution in [0.4, 0.5) is 0 Å². The molecule has 1 saturated heterocycles. The number of thiazole rings is 1. The number of aliphatic hydroxyl groups excluding tert-OH is 1. The molecule has 6 aliphatic carbocycles. The molecule has 2 aromatic rings. The van der Waals surface area contributed by atoms with Gasteiger partial charge in [0.2, 0.25) is 23.5 Å². The Labute approximate surface area is 439 Å². The molecule has 13 atom stereocenters. The predicted octanol–water partition coefficient (Wildman–Crippen LogP) is 9.25. The third-order valence-electron chi connectivity index (χ3n) is 21.6. The maximum atomic E-state index is 14.6. The van der Waals surface area contributed by atoms with Gasteiger partial charge in [0.1, 0.15) is 34.9 Å². The van der Waals surface area contributed by atoms with E-state index >= 15 is 0 Å². The van der Waals surface area contributed by atoms with E-state index in [2.05, 4.69) is 50.6 Å². The van der Waals surface area contributed by atoms with Crippen LogP contribution >= 0.6 is 11.3 Å². The van der Waals surface area contributed by atoms with Crippen molar-refractivity contribution in [1.82, 2.24) is 25.8 Å². The number of aliphatic hydroxyl groups is 1. The molecule has 6 saturated carbocycles. The lowest BCUT2D eigenvalue weighted by Gasteiger charge is -2.72. The molecule has 7 aliphatic rings. The quantitative estimate of drug-likeness (QED) is 0.0883. The van der Waals surface area contributed by atoms with E-state index in [1.54, 1.807) is 44.5 Å². The number of amides is 3. The normalized spacial score (nSPS) is 35.6. The number of ether oxygens (including phenoxy) is 2. The molecule has 1 aromatic heterocycles. The zero-order valence-corrected chi connectivity index (χ0v) is 46.1. The SMILES string of the molecule is CN[C@@H](C)C(=O)N[C@H](C(=O)N1CCC[C@H]1c1nc(C(=O)c2cccc(OCCOCCNC(=O)[C@]34CC[C@@H](C(C)=O)[C@@H]3[C@H]3CC[C@@H]5[C@@]6(C)CC[C@H](O)C(C)(C)[C@@H]6CC[C@@]5(C)[C@]3(C)CC4)c2)cs1)C1CCCCC1. The molecule has 1 aliphatic heterocycles. The van der Waals surface area contributed by atoms with Gasteiger partial charge in [0.05, 0.1) is 36.8 Å². The lowest BCUT2D eigenvalue weighted by atomic mass is 9.32. The molecule has 73 heavy (non-hydrogen) atoms. The predicted molar refractivity (Wildman–Crippen MR) is 283 cm³/mol. The second-order valence-corrected chi connectivity index (χ2v) is 26.1. The van der Waals surface area contributed by atoms with Crippen LogP contribution < -0.4 is 20.7 Å². The van der Waals surface area contributed by atoms with Crippen LogP contribution in [0.3, 0.4) is 0 Å². The molecule has 0 unspecified atom stereocenters. The number of carbonyl (C=O) groups is 5. The highest BCUT2D eigenvalue weighted by atomic mass is 32.1. The number of Topliss-reactive ketones (excluding diaryl/α,β-unsaturated/α-hetero) is 1. The Balaban J connectivity index is 0.767. The summed E-state index contributed by atoms with van der Waals surface area (Å²) in [6.07, 6.45) is 16.1. The highest BCUT2D eigenvalue weighted by Gasteiger charge is 2.72. The maximum absolute atomic E-state index is 14.6. The summed E-state index contributed by atoms with van der Waals surface area (Å²) in [7, 11) is 1.74. The highest BCUT2D eigenvalue weighted by molar-refractivity contribution is 7.10. The fourth-order valence-electron chi connectivity index (χ4n) is 17.3. The summed E-state index contributed by atoms with van der Waals surface area (Å²) < 4.78 is 12.0. The van der Waals surface area contributed by atoms with Gasteiger partial charge in [-0.1, -0.05) is 66.0 Å². The van der Waals surface area contributed by atoms with E-state index in [0.717, 1.165) is 114 Å². The Morgan fingerprint density at radius 1 is 0.849 bits per heavy atom. The van der Waals surface area contributed by atoms with Crippen LogP contribution in [0, 0.1) is 62.6 Å². The number of fused-ring (bicyclic) bond motifs is 7. The van der Waals surface area contributed by atoms with Crippen LogP contribution in [-0.2, 0) is 23.9 Å². The van der Waals surface area contributed by atoms with E-state index in [1.807, 2.05) is 11.0 Å². The van der Waals surface area contributed by atoms with Gasteiger partial charge in [-0.05, 0) is 174 Å². The zero-order valence-electron chi connectivity index (χ0n) is 45.3. The Hall–Kier alpha value is -3.72. The molecular formula is C59H87N5O8S. The molecule has 13 nitrogen and oxygen atoms in total. The summed E-state index contributed by atoms with van der Waals surface area (Å²) in [4.78, 5) is 75.9. The third-order valence-corrected chi connectivity index (χ3v) is 22.5. The van der Waals surface area contributed by atoms with Gasteiger partial charge in [0.15, 0.2) is 0 Å². The molecule has 2 heterocycles. The van der Waals surface area contributed by atoms with Crippen molar-refractivity contribution in [1.29, 1.82) is 0 Å². The number of carbonyl (C=O) groups excluding carboxylic acids is 5. The van der Waals surface area contributed by atoms with Gasteiger partial charge in [0, 0.05) is 30.0 Å². The smallest absolute Gasteiger partial charge is 0.246 e. The van der Waals surface area contributed by atoms with Crippen LogP contribution in [0.15, 0.2) is 29.6 Å². The van der Waals surface area contributed by atoms with Crippen LogP contribution in [0.25, 0.3) is 0 Å². The molecule has 3 amide bonds. The number of likely N-dealkylation sites (N-methyl/N-ethyl adjacent to an activating group) is 1. The molecule has 0 spiro atoms. The average Bonchev–Trinajstić information content (AvgIpc) is 4.17. The number of hydrogen-bond donors (Lipinski definition) is 4. The van der Waals surface area contributed by atoms with Gasteiger partial charge in [-0.15, -0.1) is 11.3 Å². The fraction of sp³-hybridized carbons (Fsp3) is 0.763. The van der Waals surface area contributed by atoms with Crippen molar-refractivity contribution in [3.05, 3.63) is 45.9 Å². The van der Waals surface area contributed by atoms with Crippen molar-refractivity contribution >= 4 is 40.6 Å². The minimum Gasteiger partial charge on any atom is -0.491 e. The fourth-order valence-corrected chi connectivity index (χ4v) is 18.2. The molecule has 1 aromatic carbocycles. The van der Waals surface area contributed by atoms with Crippen LogP contribution in [0.5, 0.6) is 5.75 Å². The van der Waals surface area contributed by atoms with Gasteiger partial charge in [-0.2, -0.15) is 0 Å². The largest absolute Gasteiger partial charge is 0.491 e. The van der Waals surface area contributed by atoms with Crippen molar-refractivity contribution in [2.45, 2.75) is 182 Å². The summed E-state index contributed by atoms with van der Waals surface area (Å²) in [5.74, 6) is 1.80. The molecule has 7 fully saturated rings. The standard InChI is InChI=1S/C59H87N5O8S/c1-36(60-8)51(68)63-49(38-14-10-9-11-15-38)53(69)64-30-13-18-44(64)52-62-43(35-73-52)50(67)39-16-12-17-40(34-39)72-33-32-71-31-29-61-54(70)59-26-21-41(37(2)65)48(59)42-19-20-46-56(5)24-23-47(66)55(3,4)45(56)22-25-58(46,7)57(42,6)27-28-59/h12,16-17,34-36,38,41-42,44-49,60,66H,9-11,13-15,18-33H2,1-8H3,(H,61,70)(H,63,68)/t36-,41-,42+,44-,45-,46+,47-,48+,49-,56-,57+,58+,59-/m0/s1. The Kier molecular flexibility index (Phi) is 15.8. The van der Waals surface area contributed by atoms with Crippen molar-refractivity contribution in [2.24, 2.45) is 62.6 Å². The first-order valence-corrected chi connectivity index (χ1v) is 29.2. The molecule has 0 radical (unpaired) electrons. The van der Waals surface area contributed by atoms with Crippen molar-refractivity contribution in [3.63, 3.8) is 0 Å². The second-order valence-electron chi connectivity index (χ2n) is 25.2. The number of ketones is 2. The minimum absolute atomic E-state index is 0.0311. The van der Waals surface area contributed by atoms with Gasteiger partial charge < -0.3 is 35.4 Å². The van der Waals surface area contributed by atoms with Gasteiger partial charge in [-0.25, -0.2) is 4.98 Å². The number of benzene rings is 1. The summed E-state index contributed by atoms with van der Waals surface area (Å²) in [6, 6.07) is 5.82. The van der Waals surface area contributed by atoms with Crippen LogP contribution in [0.2, 0.25) is 0 Å². The number of hydrogen-bond acceptors (Lipinski definition) is 11. The van der Waals surface area contributed by atoms with E-state index in [9.17, 15) is 29.1 Å². The Bertz CT molecular complexity index is 2370. The Morgan fingerprint density at radius 3 is 2.38 bits per heavy atom. The second kappa shape index (κ2) is 21.4. The van der Waals surface area contributed by atoms with Crippen molar-refractivity contribution in [3.8, 4) is 5.75 Å². The molecule has 0 bridgehead atoms. The van der Waals surface area contributed by atoms with E-state index in [-0.39, 0.29) is 87.5 Å². The molecule has 9 rings (SSSR count). The number of nitrogens with zero attached hydrogens (tertiary/aromatic N) is 2. The average molecular weight is 1030 g/mol. The molecular weight excluding hydrogens is 939 g/mol. The first-order chi connectivity index (χ1) is 34.8. The van der Waals surface area contributed by atoms with E-state index in [0.29, 0.717) is 61.1 Å². The van der Waals surface area contributed by atoms with Crippen LogP contribution in [0.1, 0.15) is 185 Å². The zero-order chi connectivity index (χ0) is 52.1. The lowest BCUT2D eigenvalue weighted by Crippen LogP contribution is -2.67. The van der Waals surface area contributed by atoms with Gasteiger partial charge >= 0.3 is 0 Å². The van der Waals surface area contributed by atoms with Crippen molar-refractivity contribution < 1.29 is 38.6 Å². The molecule has 14 heteroatoms.